The Morgan fingerprint density at radius 2 is 1.30 bits per heavy atom. The van der Waals surface area contributed by atoms with Gasteiger partial charge in [0.2, 0.25) is 0 Å². The fourth-order valence-electron chi connectivity index (χ4n) is 4.42. The second-order valence-electron chi connectivity index (χ2n) is 9.09. The van der Waals surface area contributed by atoms with Crippen LogP contribution in [0.25, 0.3) is 22.3 Å². The predicted octanol–water partition coefficient (Wildman–Crippen LogP) is 8.76. The molecule has 0 bridgehead atoms. The van der Waals surface area contributed by atoms with E-state index < -0.39 is 64.5 Å². The highest BCUT2D eigenvalue weighted by Crippen LogP contribution is 2.41. The minimum absolute atomic E-state index is 0.0256. The minimum atomic E-state index is -5.95. The van der Waals surface area contributed by atoms with E-state index in [9.17, 15) is 43.9 Å². The van der Waals surface area contributed by atoms with Gasteiger partial charge in [0.05, 0.1) is 18.8 Å². The highest BCUT2D eigenvalue weighted by Gasteiger charge is 2.49. The van der Waals surface area contributed by atoms with Crippen molar-refractivity contribution in [3.63, 3.8) is 0 Å². The van der Waals surface area contributed by atoms with Crippen LogP contribution in [-0.2, 0) is 20.3 Å². The molecule has 0 unspecified atom stereocenters. The lowest BCUT2D eigenvalue weighted by molar-refractivity contribution is -0.432. The number of rotatable bonds is 7. The van der Waals surface area contributed by atoms with Crippen molar-refractivity contribution in [2.45, 2.75) is 38.5 Å². The van der Waals surface area contributed by atoms with E-state index in [-0.39, 0.29) is 29.2 Å². The van der Waals surface area contributed by atoms with Gasteiger partial charge < -0.3 is 9.47 Å². The van der Waals surface area contributed by atoms with E-state index in [0.717, 1.165) is 18.9 Å². The van der Waals surface area contributed by atoms with Crippen LogP contribution in [0.5, 0.6) is 0 Å². The van der Waals surface area contributed by atoms with Crippen LogP contribution in [0.4, 0.5) is 43.9 Å². The second kappa shape index (κ2) is 11.4. The zero-order valence-electron chi connectivity index (χ0n) is 20.5. The maximum atomic E-state index is 14.9. The maximum absolute atomic E-state index is 14.9. The Labute approximate surface area is 221 Å². The standard InChI is InChI=1S/C27H20F10O3/c1-2-3-13-11-38-25(39-12-13)14-4-5-17(18(28)6-14)15-7-19(29)23(20(30)8-15)16-9-21(31)24(22(32)10-16)26(33,34)40-27(35,36)37/h4-10,13,25H,2-3,11-12H2,1H3. The van der Waals surface area contributed by atoms with Gasteiger partial charge in [-0.2, -0.15) is 8.78 Å². The van der Waals surface area contributed by atoms with Gasteiger partial charge in [-0.05, 0) is 47.9 Å². The van der Waals surface area contributed by atoms with Gasteiger partial charge in [-0.3, -0.25) is 0 Å². The van der Waals surface area contributed by atoms with Crippen molar-refractivity contribution < 1.29 is 58.1 Å². The fourth-order valence-corrected chi connectivity index (χ4v) is 4.42. The van der Waals surface area contributed by atoms with E-state index in [1.807, 2.05) is 6.92 Å². The van der Waals surface area contributed by atoms with Gasteiger partial charge in [0.15, 0.2) is 6.29 Å². The smallest absolute Gasteiger partial charge is 0.348 e. The van der Waals surface area contributed by atoms with Crippen LogP contribution >= 0.6 is 0 Å². The van der Waals surface area contributed by atoms with Gasteiger partial charge in [-0.15, -0.1) is 13.2 Å². The summed E-state index contributed by atoms with van der Waals surface area (Å²) in [6, 6.07) is 5.06. The molecule has 0 N–H and O–H groups in total. The highest BCUT2D eigenvalue weighted by molar-refractivity contribution is 5.72. The highest BCUT2D eigenvalue weighted by atomic mass is 19.4. The summed E-state index contributed by atoms with van der Waals surface area (Å²) in [6.07, 6.45) is -10.4. The lowest BCUT2D eigenvalue weighted by Gasteiger charge is -2.29. The van der Waals surface area contributed by atoms with Crippen molar-refractivity contribution in [3.05, 3.63) is 82.7 Å². The van der Waals surface area contributed by atoms with Crippen LogP contribution in [0, 0.1) is 35.0 Å². The van der Waals surface area contributed by atoms with E-state index in [1.54, 1.807) is 0 Å². The quantitative estimate of drug-likeness (QED) is 0.261. The fraction of sp³-hybridized carbons (Fsp3) is 0.333. The van der Waals surface area contributed by atoms with Gasteiger partial charge in [0.25, 0.3) is 0 Å². The van der Waals surface area contributed by atoms with Crippen LogP contribution in [0.1, 0.15) is 37.2 Å². The summed E-state index contributed by atoms with van der Waals surface area (Å²) < 4.78 is 151. The molecule has 1 fully saturated rings. The van der Waals surface area contributed by atoms with Crippen molar-refractivity contribution in [1.82, 2.24) is 0 Å². The molecular weight excluding hydrogens is 562 g/mol. The Balaban J connectivity index is 1.62. The Kier molecular flexibility index (Phi) is 8.48. The SMILES string of the molecule is CCCC1COC(c2ccc(-c3cc(F)c(-c4cc(F)c(C(F)(F)OC(F)(F)F)c(F)c4)c(F)c3)c(F)c2)OC1. The molecule has 3 aromatic rings. The van der Waals surface area contributed by atoms with Crippen LogP contribution in [0.2, 0.25) is 0 Å². The average molecular weight is 582 g/mol. The van der Waals surface area contributed by atoms with Gasteiger partial charge in [-0.1, -0.05) is 25.5 Å². The van der Waals surface area contributed by atoms with Crippen LogP contribution in [0.3, 0.4) is 0 Å². The van der Waals surface area contributed by atoms with Crippen molar-refractivity contribution >= 4 is 0 Å². The first-order valence-corrected chi connectivity index (χ1v) is 11.9. The Morgan fingerprint density at radius 3 is 1.80 bits per heavy atom. The molecule has 1 heterocycles. The average Bonchev–Trinajstić information content (AvgIpc) is 2.82. The Bertz CT molecular complexity index is 1340. The predicted molar refractivity (Wildman–Crippen MR) is 121 cm³/mol. The molecule has 0 atom stereocenters. The molecule has 0 amide bonds. The molecule has 216 valence electrons. The molecule has 1 saturated heterocycles. The van der Waals surface area contributed by atoms with E-state index >= 15 is 0 Å². The molecule has 3 nitrogen and oxygen atoms in total. The van der Waals surface area contributed by atoms with E-state index in [1.165, 1.54) is 12.1 Å². The summed E-state index contributed by atoms with van der Waals surface area (Å²) in [6.45, 7) is 2.84. The van der Waals surface area contributed by atoms with Crippen molar-refractivity contribution in [2.75, 3.05) is 13.2 Å². The van der Waals surface area contributed by atoms with Gasteiger partial charge >= 0.3 is 12.5 Å². The summed E-state index contributed by atoms with van der Waals surface area (Å²) in [5, 5.41) is 0. The molecule has 3 aromatic carbocycles. The van der Waals surface area contributed by atoms with Crippen LogP contribution in [-0.4, -0.2) is 19.6 Å². The summed E-state index contributed by atoms with van der Waals surface area (Å²) in [7, 11) is 0. The first-order valence-electron chi connectivity index (χ1n) is 11.9. The summed E-state index contributed by atoms with van der Waals surface area (Å²) in [5.41, 5.74) is -4.66. The maximum Gasteiger partial charge on any atom is 0.527 e. The summed E-state index contributed by atoms with van der Waals surface area (Å²) in [5.74, 6) is -8.09. The molecule has 0 aromatic heterocycles. The van der Waals surface area contributed by atoms with E-state index in [0.29, 0.717) is 30.9 Å². The first-order chi connectivity index (χ1) is 18.7. The third-order valence-electron chi connectivity index (χ3n) is 6.15. The zero-order valence-corrected chi connectivity index (χ0v) is 20.5. The zero-order chi connectivity index (χ0) is 29.4. The van der Waals surface area contributed by atoms with E-state index in [4.69, 9.17) is 9.47 Å². The molecule has 13 heteroatoms. The Hall–Kier alpha value is -3.16. The first kappa shape index (κ1) is 29.8. The molecule has 40 heavy (non-hydrogen) atoms. The minimum Gasteiger partial charge on any atom is -0.348 e. The third-order valence-corrected chi connectivity index (χ3v) is 6.15. The van der Waals surface area contributed by atoms with Crippen molar-refractivity contribution in [3.8, 4) is 22.3 Å². The Morgan fingerprint density at radius 1 is 0.750 bits per heavy atom. The van der Waals surface area contributed by atoms with Crippen LogP contribution < -0.4 is 0 Å². The topological polar surface area (TPSA) is 27.7 Å². The largest absolute Gasteiger partial charge is 0.527 e. The molecule has 4 rings (SSSR count). The van der Waals surface area contributed by atoms with Crippen molar-refractivity contribution in [1.29, 1.82) is 0 Å². The number of hydrogen-bond acceptors (Lipinski definition) is 3. The lowest BCUT2D eigenvalue weighted by atomic mass is 9.96. The number of alkyl halides is 5. The molecule has 0 aliphatic carbocycles. The third kappa shape index (κ3) is 6.42. The lowest BCUT2D eigenvalue weighted by Crippen LogP contribution is -2.29. The van der Waals surface area contributed by atoms with Crippen LogP contribution in [0.15, 0.2) is 42.5 Å². The van der Waals surface area contributed by atoms with Gasteiger partial charge in [0.1, 0.15) is 34.6 Å². The monoisotopic (exact) mass is 582 g/mol. The molecular formula is C27H20F10O3. The van der Waals surface area contributed by atoms with Crippen molar-refractivity contribution in [2.24, 2.45) is 5.92 Å². The molecule has 1 aliphatic heterocycles. The second-order valence-corrected chi connectivity index (χ2v) is 9.09. The van der Waals surface area contributed by atoms with E-state index in [2.05, 4.69) is 4.74 Å². The summed E-state index contributed by atoms with van der Waals surface area (Å²) >= 11 is 0. The van der Waals surface area contributed by atoms with Gasteiger partial charge in [-0.25, -0.2) is 26.7 Å². The number of halogens is 10. The molecule has 1 aliphatic rings. The normalized spacial score (nSPS) is 18.3. The molecule has 0 saturated carbocycles. The number of ether oxygens (including phenoxy) is 3. The molecule has 0 radical (unpaired) electrons. The number of hydrogen-bond donors (Lipinski definition) is 0. The van der Waals surface area contributed by atoms with Gasteiger partial charge in [0, 0.05) is 17.0 Å². The summed E-state index contributed by atoms with van der Waals surface area (Å²) in [4.78, 5) is 0. The number of benzene rings is 3. The molecule has 0 spiro atoms.